The van der Waals surface area contributed by atoms with Crippen LogP contribution in [0.5, 0.6) is 0 Å². The van der Waals surface area contributed by atoms with Crippen molar-refractivity contribution in [2.45, 2.75) is 19.9 Å². The number of nitrogens with one attached hydrogen (secondary N) is 1. The van der Waals surface area contributed by atoms with E-state index in [1.165, 1.54) is 0 Å². The first-order valence-electron chi connectivity index (χ1n) is 5.39. The van der Waals surface area contributed by atoms with Gasteiger partial charge >= 0.3 is 0 Å². The standard InChI is InChI=1S/C12H14ClN3S/c1-7-4-5-9(10(13)6-7)12-16-15-11(17-12)8(2)14-3/h4-6,8,14H,1-3H3. The Morgan fingerprint density at radius 1 is 1.35 bits per heavy atom. The van der Waals surface area contributed by atoms with Crippen LogP contribution in [0.25, 0.3) is 10.6 Å². The molecule has 2 aromatic rings. The maximum Gasteiger partial charge on any atom is 0.149 e. The summed E-state index contributed by atoms with van der Waals surface area (Å²) in [5, 5.41) is 14.1. The first-order valence-corrected chi connectivity index (χ1v) is 6.58. The Morgan fingerprint density at radius 2 is 2.12 bits per heavy atom. The van der Waals surface area contributed by atoms with Gasteiger partial charge in [-0.2, -0.15) is 0 Å². The van der Waals surface area contributed by atoms with E-state index in [0.717, 1.165) is 26.2 Å². The molecule has 0 spiro atoms. The van der Waals surface area contributed by atoms with E-state index < -0.39 is 0 Å². The van der Waals surface area contributed by atoms with Gasteiger partial charge in [-0.3, -0.25) is 0 Å². The van der Waals surface area contributed by atoms with Crippen LogP contribution in [0.15, 0.2) is 18.2 Å². The number of aromatic nitrogens is 2. The molecule has 3 nitrogen and oxygen atoms in total. The second kappa shape index (κ2) is 5.12. The van der Waals surface area contributed by atoms with Crippen LogP contribution in [-0.4, -0.2) is 17.2 Å². The number of hydrogen-bond acceptors (Lipinski definition) is 4. The van der Waals surface area contributed by atoms with Gasteiger partial charge in [-0.25, -0.2) is 0 Å². The number of benzene rings is 1. The van der Waals surface area contributed by atoms with Crippen molar-refractivity contribution in [1.82, 2.24) is 15.5 Å². The summed E-state index contributed by atoms with van der Waals surface area (Å²) < 4.78 is 0. The number of halogens is 1. The first kappa shape index (κ1) is 12.5. The highest BCUT2D eigenvalue weighted by Gasteiger charge is 2.13. The monoisotopic (exact) mass is 267 g/mol. The molecule has 90 valence electrons. The van der Waals surface area contributed by atoms with Crippen molar-refractivity contribution in [3.8, 4) is 10.6 Å². The van der Waals surface area contributed by atoms with E-state index in [1.807, 2.05) is 32.2 Å². The fourth-order valence-corrected chi connectivity index (χ4v) is 2.76. The molecule has 5 heteroatoms. The summed E-state index contributed by atoms with van der Waals surface area (Å²) in [6.07, 6.45) is 0. The Balaban J connectivity index is 2.37. The van der Waals surface area contributed by atoms with Crippen LogP contribution >= 0.6 is 22.9 Å². The summed E-state index contributed by atoms with van der Waals surface area (Å²) in [4.78, 5) is 0. The zero-order valence-electron chi connectivity index (χ0n) is 9.99. The van der Waals surface area contributed by atoms with E-state index in [4.69, 9.17) is 11.6 Å². The normalized spacial score (nSPS) is 12.7. The van der Waals surface area contributed by atoms with E-state index in [0.29, 0.717) is 0 Å². The molecule has 0 saturated carbocycles. The molecule has 0 aliphatic heterocycles. The van der Waals surface area contributed by atoms with Crippen molar-refractivity contribution < 1.29 is 0 Å². The van der Waals surface area contributed by atoms with Crippen molar-refractivity contribution in [2.75, 3.05) is 7.05 Å². The topological polar surface area (TPSA) is 37.8 Å². The Hall–Kier alpha value is -0.970. The molecule has 2 rings (SSSR count). The average Bonchev–Trinajstić information content (AvgIpc) is 2.77. The largest absolute Gasteiger partial charge is 0.311 e. The molecule has 0 fully saturated rings. The Bertz CT molecular complexity index is 524. The lowest BCUT2D eigenvalue weighted by Crippen LogP contribution is -2.11. The van der Waals surface area contributed by atoms with Gasteiger partial charge in [0.2, 0.25) is 0 Å². The number of aryl methyl sites for hydroxylation is 1. The Kier molecular flexibility index (Phi) is 3.76. The highest BCUT2D eigenvalue weighted by Crippen LogP contribution is 2.32. The molecule has 1 aromatic heterocycles. The summed E-state index contributed by atoms with van der Waals surface area (Å²) in [5.74, 6) is 0. The van der Waals surface area contributed by atoms with Gasteiger partial charge in [-0.1, -0.05) is 35.1 Å². The third-order valence-electron chi connectivity index (χ3n) is 2.60. The maximum absolute atomic E-state index is 6.21. The van der Waals surface area contributed by atoms with Crippen molar-refractivity contribution in [1.29, 1.82) is 0 Å². The molecule has 0 saturated heterocycles. The van der Waals surface area contributed by atoms with Crippen molar-refractivity contribution >= 4 is 22.9 Å². The zero-order valence-corrected chi connectivity index (χ0v) is 11.6. The molecular formula is C12H14ClN3S. The van der Waals surface area contributed by atoms with Crippen LogP contribution in [0.4, 0.5) is 0 Å². The van der Waals surface area contributed by atoms with Crippen LogP contribution in [0.1, 0.15) is 23.5 Å². The number of hydrogen-bond donors (Lipinski definition) is 1. The SMILES string of the molecule is CNC(C)c1nnc(-c2ccc(C)cc2Cl)s1. The van der Waals surface area contributed by atoms with Crippen LogP contribution in [0.2, 0.25) is 5.02 Å². The lowest BCUT2D eigenvalue weighted by Gasteiger charge is -2.03. The molecule has 1 atom stereocenters. The molecule has 0 radical (unpaired) electrons. The minimum absolute atomic E-state index is 0.213. The van der Waals surface area contributed by atoms with Gasteiger partial charge in [-0.15, -0.1) is 10.2 Å². The van der Waals surface area contributed by atoms with E-state index in [2.05, 4.69) is 22.4 Å². The quantitative estimate of drug-likeness (QED) is 0.926. The predicted molar refractivity (Wildman–Crippen MR) is 72.6 cm³/mol. The predicted octanol–water partition coefficient (Wildman–Crippen LogP) is 3.45. The average molecular weight is 268 g/mol. The third kappa shape index (κ3) is 2.65. The summed E-state index contributed by atoms with van der Waals surface area (Å²) in [6.45, 7) is 4.07. The van der Waals surface area contributed by atoms with Crippen molar-refractivity contribution in [2.24, 2.45) is 0 Å². The van der Waals surface area contributed by atoms with Gasteiger partial charge in [0, 0.05) is 5.56 Å². The molecule has 17 heavy (non-hydrogen) atoms. The molecule has 0 aliphatic carbocycles. The van der Waals surface area contributed by atoms with E-state index in [1.54, 1.807) is 11.3 Å². The van der Waals surface area contributed by atoms with E-state index in [-0.39, 0.29) is 6.04 Å². The van der Waals surface area contributed by atoms with E-state index >= 15 is 0 Å². The first-order chi connectivity index (χ1) is 8.11. The molecule has 0 amide bonds. The second-order valence-electron chi connectivity index (χ2n) is 3.94. The second-order valence-corrected chi connectivity index (χ2v) is 5.36. The Morgan fingerprint density at radius 3 is 2.76 bits per heavy atom. The van der Waals surface area contributed by atoms with Crippen molar-refractivity contribution in [3.05, 3.63) is 33.8 Å². The highest BCUT2D eigenvalue weighted by molar-refractivity contribution is 7.14. The highest BCUT2D eigenvalue weighted by atomic mass is 35.5. The third-order valence-corrected chi connectivity index (χ3v) is 4.05. The van der Waals surface area contributed by atoms with Crippen LogP contribution in [-0.2, 0) is 0 Å². The fraction of sp³-hybridized carbons (Fsp3) is 0.333. The van der Waals surface area contributed by atoms with Gasteiger partial charge in [0.05, 0.1) is 11.1 Å². The summed E-state index contributed by atoms with van der Waals surface area (Å²) in [7, 11) is 1.91. The number of nitrogens with zero attached hydrogens (tertiary/aromatic N) is 2. The fourth-order valence-electron chi connectivity index (χ4n) is 1.44. The maximum atomic E-state index is 6.21. The molecule has 1 aromatic carbocycles. The summed E-state index contributed by atoms with van der Waals surface area (Å²) in [6, 6.07) is 6.18. The molecule has 0 bridgehead atoms. The lowest BCUT2D eigenvalue weighted by molar-refractivity contribution is 0.640. The van der Waals surface area contributed by atoms with E-state index in [9.17, 15) is 0 Å². The van der Waals surface area contributed by atoms with Crippen LogP contribution in [0.3, 0.4) is 0 Å². The summed E-state index contributed by atoms with van der Waals surface area (Å²) >= 11 is 7.78. The molecular weight excluding hydrogens is 254 g/mol. The van der Waals surface area contributed by atoms with Gasteiger partial charge in [0.15, 0.2) is 0 Å². The van der Waals surface area contributed by atoms with Gasteiger partial charge in [0.25, 0.3) is 0 Å². The molecule has 1 unspecified atom stereocenters. The lowest BCUT2D eigenvalue weighted by atomic mass is 10.2. The molecule has 1 N–H and O–H groups in total. The number of rotatable bonds is 3. The zero-order chi connectivity index (χ0) is 12.4. The van der Waals surface area contributed by atoms with Crippen LogP contribution in [0, 0.1) is 6.92 Å². The molecule has 0 aliphatic rings. The van der Waals surface area contributed by atoms with Gasteiger partial charge in [0.1, 0.15) is 10.0 Å². The minimum atomic E-state index is 0.213. The van der Waals surface area contributed by atoms with Crippen LogP contribution < -0.4 is 5.32 Å². The smallest absolute Gasteiger partial charge is 0.149 e. The molecule has 1 heterocycles. The Labute approximate surface area is 110 Å². The van der Waals surface area contributed by atoms with Gasteiger partial charge < -0.3 is 5.32 Å². The minimum Gasteiger partial charge on any atom is -0.311 e. The van der Waals surface area contributed by atoms with Gasteiger partial charge in [-0.05, 0) is 32.5 Å². The summed E-state index contributed by atoms with van der Waals surface area (Å²) in [5.41, 5.74) is 2.09. The van der Waals surface area contributed by atoms with Crippen molar-refractivity contribution in [3.63, 3.8) is 0 Å².